The lowest BCUT2D eigenvalue weighted by atomic mass is 10.1. The first-order valence-electron chi connectivity index (χ1n) is 9.60. The fourth-order valence-corrected chi connectivity index (χ4v) is 3.92. The van der Waals surface area contributed by atoms with Crippen LogP contribution in [0.25, 0.3) is 11.0 Å². The SMILES string of the molecule is O=C(c1ccc(Cn2cccn2)cc1)N1CCCC1c1nc2ccccc2[nH]1. The number of rotatable bonds is 4. The van der Waals surface area contributed by atoms with Crippen LogP contribution in [0.5, 0.6) is 0 Å². The minimum absolute atomic E-state index is 0.00338. The molecule has 0 bridgehead atoms. The number of amides is 1. The summed E-state index contributed by atoms with van der Waals surface area (Å²) < 4.78 is 1.87. The number of likely N-dealkylation sites (tertiary alicyclic amines) is 1. The normalized spacial score (nSPS) is 16.7. The molecule has 1 aliphatic heterocycles. The maximum Gasteiger partial charge on any atom is 0.254 e. The third kappa shape index (κ3) is 3.07. The van der Waals surface area contributed by atoms with Crippen molar-refractivity contribution in [1.82, 2.24) is 24.6 Å². The number of aromatic nitrogens is 4. The van der Waals surface area contributed by atoms with Gasteiger partial charge in [0.1, 0.15) is 5.82 Å². The largest absolute Gasteiger partial charge is 0.340 e. The van der Waals surface area contributed by atoms with Crippen LogP contribution in [0.15, 0.2) is 67.0 Å². The summed E-state index contributed by atoms with van der Waals surface area (Å²) in [6, 6.07) is 17.7. The van der Waals surface area contributed by atoms with E-state index in [0.717, 1.165) is 41.8 Å². The number of nitrogens with one attached hydrogen (secondary N) is 1. The molecule has 0 radical (unpaired) electrons. The van der Waals surface area contributed by atoms with Gasteiger partial charge in [0.2, 0.25) is 0 Å². The van der Waals surface area contributed by atoms with E-state index in [4.69, 9.17) is 4.98 Å². The number of fused-ring (bicyclic) bond motifs is 1. The molecule has 1 unspecified atom stereocenters. The molecule has 1 atom stereocenters. The standard InChI is InChI=1S/C22H21N5O/c28-22(17-10-8-16(9-11-17)15-26-13-4-12-23-26)27-14-3-7-20(27)21-24-18-5-1-2-6-19(18)25-21/h1-2,4-6,8-13,20H,3,7,14-15H2,(H,24,25). The number of hydrogen-bond acceptors (Lipinski definition) is 3. The molecular weight excluding hydrogens is 350 g/mol. The molecule has 0 saturated carbocycles. The lowest BCUT2D eigenvalue weighted by Crippen LogP contribution is -2.31. The first-order chi connectivity index (χ1) is 13.8. The van der Waals surface area contributed by atoms with Crippen molar-refractivity contribution in [3.63, 3.8) is 0 Å². The van der Waals surface area contributed by atoms with E-state index in [1.54, 1.807) is 6.20 Å². The maximum atomic E-state index is 13.1. The zero-order valence-corrected chi connectivity index (χ0v) is 15.5. The molecule has 1 fully saturated rings. The Morgan fingerprint density at radius 2 is 1.96 bits per heavy atom. The molecule has 140 valence electrons. The number of hydrogen-bond donors (Lipinski definition) is 1. The summed E-state index contributed by atoms with van der Waals surface area (Å²) in [6.45, 7) is 1.46. The zero-order chi connectivity index (χ0) is 18.9. The van der Waals surface area contributed by atoms with Gasteiger partial charge in [0, 0.05) is 24.5 Å². The second-order valence-corrected chi connectivity index (χ2v) is 7.20. The highest BCUT2D eigenvalue weighted by Crippen LogP contribution is 2.32. The Morgan fingerprint density at radius 1 is 1.11 bits per heavy atom. The molecule has 28 heavy (non-hydrogen) atoms. The third-order valence-electron chi connectivity index (χ3n) is 5.34. The second kappa shape index (κ2) is 6.96. The van der Waals surface area contributed by atoms with Crippen molar-refractivity contribution >= 4 is 16.9 Å². The average molecular weight is 371 g/mol. The van der Waals surface area contributed by atoms with Crippen LogP contribution in [0, 0.1) is 0 Å². The van der Waals surface area contributed by atoms with Crippen LogP contribution in [0.2, 0.25) is 0 Å². The Hall–Kier alpha value is -3.41. The van der Waals surface area contributed by atoms with E-state index in [9.17, 15) is 4.79 Å². The molecule has 2 aromatic heterocycles. The van der Waals surface area contributed by atoms with Gasteiger partial charge in [-0.15, -0.1) is 0 Å². The summed E-state index contributed by atoms with van der Waals surface area (Å²) in [4.78, 5) is 23.2. The molecule has 1 amide bonds. The van der Waals surface area contributed by atoms with Crippen LogP contribution < -0.4 is 0 Å². The monoisotopic (exact) mass is 371 g/mol. The van der Waals surface area contributed by atoms with Gasteiger partial charge in [-0.3, -0.25) is 9.48 Å². The number of carbonyl (C=O) groups excluding carboxylic acids is 1. The van der Waals surface area contributed by atoms with Crippen molar-refractivity contribution in [3.05, 3.63) is 83.9 Å². The average Bonchev–Trinajstić information content (AvgIpc) is 3.47. The molecule has 6 nitrogen and oxygen atoms in total. The van der Waals surface area contributed by atoms with Gasteiger partial charge in [-0.1, -0.05) is 24.3 Å². The van der Waals surface area contributed by atoms with Gasteiger partial charge in [0.25, 0.3) is 5.91 Å². The quantitative estimate of drug-likeness (QED) is 0.594. The van der Waals surface area contributed by atoms with Crippen molar-refractivity contribution in [1.29, 1.82) is 0 Å². The van der Waals surface area contributed by atoms with Crippen molar-refractivity contribution in [2.45, 2.75) is 25.4 Å². The van der Waals surface area contributed by atoms with E-state index < -0.39 is 0 Å². The molecule has 1 saturated heterocycles. The molecule has 2 aromatic carbocycles. The van der Waals surface area contributed by atoms with Gasteiger partial charge in [0.15, 0.2) is 0 Å². The summed E-state index contributed by atoms with van der Waals surface area (Å²) in [5.41, 5.74) is 3.79. The van der Waals surface area contributed by atoms with Gasteiger partial charge in [0.05, 0.1) is 23.6 Å². The summed E-state index contributed by atoms with van der Waals surface area (Å²) in [6.07, 6.45) is 5.62. The number of carbonyl (C=O) groups is 1. The van der Waals surface area contributed by atoms with Gasteiger partial charge in [-0.05, 0) is 48.7 Å². The Labute approximate surface area is 162 Å². The van der Waals surface area contributed by atoms with E-state index in [1.165, 1.54) is 0 Å². The fraction of sp³-hybridized carbons (Fsp3) is 0.227. The zero-order valence-electron chi connectivity index (χ0n) is 15.5. The minimum atomic E-state index is 0.00338. The molecule has 4 aromatic rings. The minimum Gasteiger partial charge on any atom is -0.340 e. The first kappa shape index (κ1) is 16.7. The summed E-state index contributed by atoms with van der Waals surface area (Å²) in [5.74, 6) is 0.941. The first-order valence-corrected chi connectivity index (χ1v) is 9.60. The van der Waals surface area contributed by atoms with Crippen LogP contribution in [0.4, 0.5) is 0 Å². The highest BCUT2D eigenvalue weighted by molar-refractivity contribution is 5.94. The molecule has 6 heteroatoms. The second-order valence-electron chi connectivity index (χ2n) is 7.20. The van der Waals surface area contributed by atoms with E-state index in [-0.39, 0.29) is 11.9 Å². The van der Waals surface area contributed by atoms with Gasteiger partial charge in [-0.2, -0.15) is 5.10 Å². The highest BCUT2D eigenvalue weighted by Gasteiger charge is 2.32. The highest BCUT2D eigenvalue weighted by atomic mass is 16.2. The predicted molar refractivity (Wildman–Crippen MR) is 107 cm³/mol. The number of benzene rings is 2. The van der Waals surface area contributed by atoms with Crippen LogP contribution in [0.1, 0.15) is 40.6 Å². The Bertz CT molecular complexity index is 1060. The number of imidazole rings is 1. The Balaban J connectivity index is 1.36. The van der Waals surface area contributed by atoms with E-state index in [2.05, 4.69) is 10.1 Å². The molecule has 0 aliphatic carbocycles. The number of H-pyrrole nitrogens is 1. The number of nitrogens with zero attached hydrogens (tertiary/aromatic N) is 4. The number of para-hydroxylation sites is 2. The van der Waals surface area contributed by atoms with Crippen molar-refractivity contribution in [2.75, 3.05) is 6.54 Å². The molecule has 3 heterocycles. The number of aromatic amines is 1. The van der Waals surface area contributed by atoms with E-state index in [0.29, 0.717) is 12.1 Å². The van der Waals surface area contributed by atoms with Crippen LogP contribution in [-0.4, -0.2) is 37.1 Å². The summed E-state index contributed by atoms with van der Waals surface area (Å²) in [7, 11) is 0. The summed E-state index contributed by atoms with van der Waals surface area (Å²) in [5, 5.41) is 4.22. The van der Waals surface area contributed by atoms with Crippen LogP contribution in [0.3, 0.4) is 0 Å². The van der Waals surface area contributed by atoms with E-state index in [1.807, 2.05) is 70.4 Å². The lowest BCUT2D eigenvalue weighted by Gasteiger charge is -2.23. The molecule has 1 N–H and O–H groups in total. The molecule has 1 aliphatic rings. The van der Waals surface area contributed by atoms with Crippen molar-refractivity contribution < 1.29 is 4.79 Å². The summed E-state index contributed by atoms with van der Waals surface area (Å²) >= 11 is 0. The van der Waals surface area contributed by atoms with Crippen molar-refractivity contribution in [2.24, 2.45) is 0 Å². The third-order valence-corrected chi connectivity index (χ3v) is 5.34. The van der Waals surface area contributed by atoms with Gasteiger partial charge >= 0.3 is 0 Å². The lowest BCUT2D eigenvalue weighted by molar-refractivity contribution is 0.0730. The molecule has 0 spiro atoms. The maximum absolute atomic E-state index is 13.1. The van der Waals surface area contributed by atoms with Crippen LogP contribution in [-0.2, 0) is 6.54 Å². The van der Waals surface area contributed by atoms with Crippen LogP contribution >= 0.6 is 0 Å². The Morgan fingerprint density at radius 3 is 2.75 bits per heavy atom. The molecular formula is C22H21N5O. The van der Waals surface area contributed by atoms with Gasteiger partial charge < -0.3 is 9.88 Å². The Kier molecular flexibility index (Phi) is 4.16. The predicted octanol–water partition coefficient (Wildman–Crippen LogP) is 3.79. The van der Waals surface area contributed by atoms with E-state index >= 15 is 0 Å². The van der Waals surface area contributed by atoms with Gasteiger partial charge in [-0.25, -0.2) is 4.98 Å². The smallest absolute Gasteiger partial charge is 0.254 e. The molecule has 5 rings (SSSR count). The van der Waals surface area contributed by atoms with Crippen molar-refractivity contribution in [3.8, 4) is 0 Å². The fourth-order valence-electron chi connectivity index (χ4n) is 3.92. The topological polar surface area (TPSA) is 66.8 Å².